The summed E-state index contributed by atoms with van der Waals surface area (Å²) in [7, 11) is 1.69. The SMILES string of the molecule is COCC(Cl)CNC1CCCC1. The number of hydrogen-bond donors (Lipinski definition) is 1. The molecule has 0 radical (unpaired) electrons. The lowest BCUT2D eigenvalue weighted by Crippen LogP contribution is -2.33. The summed E-state index contributed by atoms with van der Waals surface area (Å²) >= 11 is 5.97. The van der Waals surface area contributed by atoms with Gasteiger partial charge in [0.1, 0.15) is 0 Å². The molecule has 0 spiro atoms. The quantitative estimate of drug-likeness (QED) is 0.669. The van der Waals surface area contributed by atoms with Gasteiger partial charge in [-0.25, -0.2) is 0 Å². The van der Waals surface area contributed by atoms with Gasteiger partial charge < -0.3 is 10.1 Å². The Kier molecular flexibility index (Phi) is 4.96. The van der Waals surface area contributed by atoms with Crippen LogP contribution in [-0.4, -0.2) is 31.7 Å². The first-order chi connectivity index (χ1) is 5.83. The minimum atomic E-state index is 0.121. The Hall–Kier alpha value is 0.210. The van der Waals surface area contributed by atoms with Gasteiger partial charge in [0.2, 0.25) is 0 Å². The van der Waals surface area contributed by atoms with Gasteiger partial charge in [-0.3, -0.25) is 0 Å². The summed E-state index contributed by atoms with van der Waals surface area (Å²) in [5.74, 6) is 0. The maximum Gasteiger partial charge on any atom is 0.0694 e. The Labute approximate surface area is 79.6 Å². The molecule has 0 saturated heterocycles. The van der Waals surface area contributed by atoms with E-state index in [0.29, 0.717) is 12.6 Å². The Morgan fingerprint density at radius 2 is 2.17 bits per heavy atom. The zero-order chi connectivity index (χ0) is 8.81. The molecule has 0 aromatic carbocycles. The van der Waals surface area contributed by atoms with E-state index in [0.717, 1.165) is 6.54 Å². The fraction of sp³-hybridized carbons (Fsp3) is 1.00. The van der Waals surface area contributed by atoms with Crippen LogP contribution in [0.5, 0.6) is 0 Å². The van der Waals surface area contributed by atoms with Crippen LogP contribution in [0.15, 0.2) is 0 Å². The summed E-state index contributed by atoms with van der Waals surface area (Å²) in [6.45, 7) is 1.52. The third-order valence-electron chi connectivity index (χ3n) is 2.33. The molecule has 1 rings (SSSR count). The number of alkyl halides is 1. The number of hydrogen-bond acceptors (Lipinski definition) is 2. The second kappa shape index (κ2) is 5.79. The lowest BCUT2D eigenvalue weighted by atomic mass is 10.2. The van der Waals surface area contributed by atoms with Gasteiger partial charge in [-0.05, 0) is 12.8 Å². The third kappa shape index (κ3) is 3.74. The fourth-order valence-corrected chi connectivity index (χ4v) is 1.88. The zero-order valence-corrected chi connectivity index (χ0v) is 8.44. The zero-order valence-electron chi connectivity index (χ0n) is 7.68. The fourth-order valence-electron chi connectivity index (χ4n) is 1.66. The minimum absolute atomic E-state index is 0.121. The maximum atomic E-state index is 5.97. The van der Waals surface area contributed by atoms with E-state index in [1.807, 2.05) is 0 Å². The molecular weight excluding hydrogens is 174 g/mol. The molecule has 1 N–H and O–H groups in total. The predicted octanol–water partition coefficient (Wildman–Crippen LogP) is 1.77. The predicted molar refractivity (Wildman–Crippen MR) is 51.8 cm³/mol. The Balaban J connectivity index is 1.99. The van der Waals surface area contributed by atoms with Crippen molar-refractivity contribution in [2.45, 2.75) is 37.1 Å². The average molecular weight is 192 g/mol. The number of nitrogens with one attached hydrogen (secondary N) is 1. The molecular formula is C9H18ClNO. The van der Waals surface area contributed by atoms with Crippen LogP contribution in [0.4, 0.5) is 0 Å². The highest BCUT2D eigenvalue weighted by Gasteiger charge is 2.15. The molecule has 0 amide bonds. The van der Waals surface area contributed by atoms with Crippen LogP contribution in [0.3, 0.4) is 0 Å². The largest absolute Gasteiger partial charge is 0.383 e. The summed E-state index contributed by atoms with van der Waals surface area (Å²) in [5.41, 5.74) is 0. The smallest absolute Gasteiger partial charge is 0.0694 e. The normalized spacial score (nSPS) is 21.5. The maximum absolute atomic E-state index is 5.97. The van der Waals surface area contributed by atoms with E-state index in [4.69, 9.17) is 16.3 Å². The van der Waals surface area contributed by atoms with Gasteiger partial charge >= 0.3 is 0 Å². The number of methoxy groups -OCH3 is 1. The number of halogens is 1. The van der Waals surface area contributed by atoms with Gasteiger partial charge in [-0.15, -0.1) is 11.6 Å². The highest BCUT2D eigenvalue weighted by Crippen LogP contribution is 2.17. The van der Waals surface area contributed by atoms with Gasteiger partial charge in [0.15, 0.2) is 0 Å². The van der Waals surface area contributed by atoms with Crippen molar-refractivity contribution in [3.63, 3.8) is 0 Å². The number of rotatable bonds is 5. The molecule has 1 unspecified atom stereocenters. The van der Waals surface area contributed by atoms with Crippen LogP contribution < -0.4 is 5.32 Å². The number of ether oxygens (including phenoxy) is 1. The second-order valence-corrected chi connectivity index (χ2v) is 4.06. The molecule has 0 aliphatic heterocycles. The molecule has 0 aromatic rings. The van der Waals surface area contributed by atoms with Gasteiger partial charge in [0.25, 0.3) is 0 Å². The Morgan fingerprint density at radius 3 is 2.75 bits per heavy atom. The van der Waals surface area contributed by atoms with Crippen molar-refractivity contribution < 1.29 is 4.74 Å². The molecule has 1 aliphatic carbocycles. The molecule has 2 nitrogen and oxygen atoms in total. The molecule has 0 bridgehead atoms. The Morgan fingerprint density at radius 1 is 1.50 bits per heavy atom. The van der Waals surface area contributed by atoms with Crippen LogP contribution in [0.2, 0.25) is 0 Å². The molecule has 1 fully saturated rings. The molecule has 0 heterocycles. The van der Waals surface area contributed by atoms with Gasteiger partial charge in [0, 0.05) is 19.7 Å². The lowest BCUT2D eigenvalue weighted by Gasteiger charge is -2.14. The highest BCUT2D eigenvalue weighted by molar-refractivity contribution is 6.20. The van der Waals surface area contributed by atoms with Crippen molar-refractivity contribution >= 4 is 11.6 Å². The second-order valence-electron chi connectivity index (χ2n) is 3.44. The summed E-state index contributed by atoms with van der Waals surface area (Å²) in [6.07, 6.45) is 5.37. The minimum Gasteiger partial charge on any atom is -0.383 e. The van der Waals surface area contributed by atoms with Crippen LogP contribution in [0.1, 0.15) is 25.7 Å². The first kappa shape index (κ1) is 10.3. The van der Waals surface area contributed by atoms with Crippen molar-refractivity contribution in [1.82, 2.24) is 5.32 Å². The standard InChI is InChI=1S/C9H18ClNO/c1-12-7-8(10)6-11-9-4-2-3-5-9/h8-9,11H,2-7H2,1H3. The first-order valence-electron chi connectivity index (χ1n) is 4.69. The molecule has 1 atom stereocenters. The topological polar surface area (TPSA) is 21.3 Å². The summed E-state index contributed by atoms with van der Waals surface area (Å²) in [5, 5.41) is 3.58. The van der Waals surface area contributed by atoms with E-state index in [9.17, 15) is 0 Å². The van der Waals surface area contributed by atoms with Gasteiger partial charge in [-0.2, -0.15) is 0 Å². The highest BCUT2D eigenvalue weighted by atomic mass is 35.5. The van der Waals surface area contributed by atoms with Crippen LogP contribution in [0.25, 0.3) is 0 Å². The van der Waals surface area contributed by atoms with E-state index < -0.39 is 0 Å². The summed E-state index contributed by atoms with van der Waals surface area (Å²) < 4.78 is 4.95. The van der Waals surface area contributed by atoms with Crippen molar-refractivity contribution in [2.24, 2.45) is 0 Å². The van der Waals surface area contributed by atoms with E-state index in [1.165, 1.54) is 25.7 Å². The molecule has 1 aliphatic rings. The molecule has 0 aromatic heterocycles. The van der Waals surface area contributed by atoms with E-state index in [-0.39, 0.29) is 5.38 Å². The van der Waals surface area contributed by atoms with Crippen molar-refractivity contribution in [3.05, 3.63) is 0 Å². The van der Waals surface area contributed by atoms with E-state index in [2.05, 4.69) is 5.32 Å². The summed E-state index contributed by atoms with van der Waals surface area (Å²) in [4.78, 5) is 0. The molecule has 12 heavy (non-hydrogen) atoms. The first-order valence-corrected chi connectivity index (χ1v) is 5.13. The molecule has 72 valence electrons. The molecule has 3 heteroatoms. The van der Waals surface area contributed by atoms with Crippen molar-refractivity contribution in [3.8, 4) is 0 Å². The summed E-state index contributed by atoms with van der Waals surface area (Å²) in [6, 6.07) is 0.711. The average Bonchev–Trinajstić information content (AvgIpc) is 2.53. The van der Waals surface area contributed by atoms with Crippen molar-refractivity contribution in [1.29, 1.82) is 0 Å². The van der Waals surface area contributed by atoms with Gasteiger partial charge in [-0.1, -0.05) is 12.8 Å². The van der Waals surface area contributed by atoms with Crippen LogP contribution in [0, 0.1) is 0 Å². The monoisotopic (exact) mass is 191 g/mol. The third-order valence-corrected chi connectivity index (χ3v) is 2.61. The van der Waals surface area contributed by atoms with Crippen molar-refractivity contribution in [2.75, 3.05) is 20.3 Å². The van der Waals surface area contributed by atoms with E-state index in [1.54, 1.807) is 7.11 Å². The van der Waals surface area contributed by atoms with Crippen LogP contribution in [-0.2, 0) is 4.74 Å². The van der Waals surface area contributed by atoms with Crippen LogP contribution >= 0.6 is 11.6 Å². The van der Waals surface area contributed by atoms with Gasteiger partial charge in [0.05, 0.1) is 12.0 Å². The van der Waals surface area contributed by atoms with E-state index >= 15 is 0 Å². The molecule has 1 saturated carbocycles. The Bertz CT molecular complexity index is 115. The lowest BCUT2D eigenvalue weighted by molar-refractivity contribution is 0.196.